The van der Waals surface area contributed by atoms with Crippen LogP contribution in [0, 0.1) is 0 Å². The van der Waals surface area contributed by atoms with Crippen molar-refractivity contribution in [2.75, 3.05) is 19.4 Å². The van der Waals surface area contributed by atoms with E-state index in [0.29, 0.717) is 17.7 Å². The average Bonchev–Trinajstić information content (AvgIpc) is 3.24. The Kier molecular flexibility index (Phi) is 7.45. The molecule has 3 aromatic rings. The maximum Gasteiger partial charge on any atom is 0.277 e. The number of aromatic nitrogens is 2. The number of benzene rings is 2. The summed E-state index contributed by atoms with van der Waals surface area (Å²) in [6, 6.07) is 16.8. The van der Waals surface area contributed by atoms with Gasteiger partial charge in [0.15, 0.2) is 0 Å². The minimum Gasteiger partial charge on any atom is -0.497 e. The summed E-state index contributed by atoms with van der Waals surface area (Å²) in [7, 11) is 1.60. The molecule has 2 N–H and O–H groups in total. The van der Waals surface area contributed by atoms with Gasteiger partial charge in [0, 0.05) is 25.1 Å². The maximum atomic E-state index is 12.7. The third kappa shape index (κ3) is 6.08. The summed E-state index contributed by atoms with van der Waals surface area (Å²) < 4.78 is 10.8. The summed E-state index contributed by atoms with van der Waals surface area (Å²) in [4.78, 5) is 25.5. The van der Waals surface area contributed by atoms with Gasteiger partial charge in [-0.15, -0.1) is 10.2 Å². The molecule has 156 valence electrons. The van der Waals surface area contributed by atoms with Gasteiger partial charge in [0.05, 0.1) is 12.9 Å². The number of methoxy groups -OCH3 is 1. The van der Waals surface area contributed by atoms with Crippen LogP contribution in [0.3, 0.4) is 0 Å². The molecule has 8 nitrogen and oxygen atoms in total. The Morgan fingerprint density at radius 2 is 1.83 bits per heavy atom. The van der Waals surface area contributed by atoms with E-state index in [-0.39, 0.29) is 24.6 Å². The second kappa shape index (κ2) is 10.4. The fourth-order valence-electron chi connectivity index (χ4n) is 2.67. The SMILES string of the molecule is COc1ccc(-c2nnc(SCC(=O)N(CCC(N)=O)Cc3ccccc3)o2)cc1. The van der Waals surface area contributed by atoms with E-state index in [4.69, 9.17) is 14.9 Å². The number of nitrogens with two attached hydrogens (primary N) is 1. The Morgan fingerprint density at radius 1 is 1.10 bits per heavy atom. The topological polar surface area (TPSA) is 112 Å². The van der Waals surface area contributed by atoms with Gasteiger partial charge in [-0.2, -0.15) is 0 Å². The summed E-state index contributed by atoms with van der Waals surface area (Å²) in [5.74, 6) is 0.606. The van der Waals surface area contributed by atoms with Crippen LogP contribution in [0.1, 0.15) is 12.0 Å². The van der Waals surface area contributed by atoms with Crippen LogP contribution in [0.4, 0.5) is 0 Å². The zero-order valence-electron chi connectivity index (χ0n) is 16.5. The zero-order valence-corrected chi connectivity index (χ0v) is 17.3. The predicted molar refractivity (Wildman–Crippen MR) is 113 cm³/mol. The molecule has 1 aromatic heterocycles. The van der Waals surface area contributed by atoms with Gasteiger partial charge in [0.1, 0.15) is 5.75 Å². The first-order valence-corrected chi connectivity index (χ1v) is 10.2. The number of ether oxygens (including phenoxy) is 1. The number of amides is 2. The maximum absolute atomic E-state index is 12.7. The van der Waals surface area contributed by atoms with Gasteiger partial charge >= 0.3 is 0 Å². The number of carbonyl (C=O) groups is 2. The van der Waals surface area contributed by atoms with Crippen molar-refractivity contribution in [2.24, 2.45) is 5.73 Å². The number of thioether (sulfide) groups is 1. The average molecular weight is 426 g/mol. The fourth-order valence-corrected chi connectivity index (χ4v) is 3.34. The molecule has 2 amide bonds. The van der Waals surface area contributed by atoms with Crippen LogP contribution < -0.4 is 10.5 Å². The van der Waals surface area contributed by atoms with E-state index >= 15 is 0 Å². The highest BCUT2D eigenvalue weighted by atomic mass is 32.2. The van der Waals surface area contributed by atoms with Gasteiger partial charge < -0.3 is 19.8 Å². The van der Waals surface area contributed by atoms with Gasteiger partial charge in [-0.25, -0.2) is 0 Å². The molecule has 3 rings (SSSR count). The van der Waals surface area contributed by atoms with Crippen molar-refractivity contribution in [3.8, 4) is 17.2 Å². The highest BCUT2D eigenvalue weighted by molar-refractivity contribution is 7.99. The quantitative estimate of drug-likeness (QED) is 0.496. The van der Waals surface area contributed by atoms with Gasteiger partial charge in [-0.1, -0.05) is 42.1 Å². The first-order chi connectivity index (χ1) is 14.5. The number of rotatable bonds is 10. The number of hydrogen-bond donors (Lipinski definition) is 1. The molecule has 0 atom stereocenters. The number of carbonyl (C=O) groups excluding carboxylic acids is 2. The van der Waals surface area contributed by atoms with Gasteiger partial charge in [0.25, 0.3) is 5.22 Å². The Balaban J connectivity index is 1.61. The number of hydrogen-bond acceptors (Lipinski definition) is 7. The van der Waals surface area contributed by atoms with E-state index in [9.17, 15) is 9.59 Å². The monoisotopic (exact) mass is 426 g/mol. The lowest BCUT2D eigenvalue weighted by molar-refractivity contribution is -0.129. The van der Waals surface area contributed by atoms with Crippen LogP contribution in [0.5, 0.6) is 5.75 Å². The fraction of sp³-hybridized carbons (Fsp3) is 0.238. The normalized spacial score (nSPS) is 10.6. The molecule has 0 saturated carbocycles. The van der Waals surface area contributed by atoms with Crippen molar-refractivity contribution in [1.29, 1.82) is 0 Å². The second-order valence-electron chi connectivity index (χ2n) is 6.41. The lowest BCUT2D eigenvalue weighted by Crippen LogP contribution is -2.34. The number of nitrogens with zero attached hydrogens (tertiary/aromatic N) is 3. The van der Waals surface area contributed by atoms with Crippen molar-refractivity contribution >= 4 is 23.6 Å². The van der Waals surface area contributed by atoms with Crippen molar-refractivity contribution in [2.45, 2.75) is 18.2 Å². The highest BCUT2D eigenvalue weighted by Crippen LogP contribution is 2.25. The third-order valence-electron chi connectivity index (χ3n) is 4.26. The van der Waals surface area contributed by atoms with Gasteiger partial charge in [0.2, 0.25) is 17.7 Å². The molecule has 2 aromatic carbocycles. The lowest BCUT2D eigenvalue weighted by atomic mass is 10.2. The Morgan fingerprint density at radius 3 is 2.50 bits per heavy atom. The molecule has 0 fully saturated rings. The molecule has 0 bridgehead atoms. The molecular formula is C21H22N4O4S. The standard InChI is InChI=1S/C21H22N4O4S/c1-28-17-9-7-16(8-10-17)20-23-24-21(29-20)30-14-19(27)25(12-11-18(22)26)13-15-5-3-2-4-6-15/h2-10H,11-14H2,1H3,(H2,22,26). The predicted octanol–water partition coefficient (Wildman–Crippen LogP) is 2.74. The molecule has 30 heavy (non-hydrogen) atoms. The molecule has 0 aliphatic carbocycles. The molecule has 1 heterocycles. The van der Waals surface area contributed by atoms with Crippen LogP contribution >= 0.6 is 11.8 Å². The van der Waals surface area contributed by atoms with E-state index in [0.717, 1.165) is 28.6 Å². The van der Waals surface area contributed by atoms with Crippen LogP contribution in [-0.2, 0) is 16.1 Å². The Labute approximate surface area is 178 Å². The molecular weight excluding hydrogens is 404 g/mol. The largest absolute Gasteiger partial charge is 0.497 e. The summed E-state index contributed by atoms with van der Waals surface area (Å²) in [5.41, 5.74) is 6.98. The van der Waals surface area contributed by atoms with E-state index in [2.05, 4.69) is 10.2 Å². The molecule has 0 radical (unpaired) electrons. The molecule has 0 spiro atoms. The second-order valence-corrected chi connectivity index (χ2v) is 7.33. The minimum absolute atomic E-state index is 0.103. The van der Waals surface area contributed by atoms with Crippen LogP contribution in [0.15, 0.2) is 64.2 Å². The molecule has 0 saturated heterocycles. The van der Waals surface area contributed by atoms with Gasteiger partial charge in [-0.3, -0.25) is 9.59 Å². The van der Waals surface area contributed by atoms with Crippen molar-refractivity contribution < 1.29 is 18.7 Å². The minimum atomic E-state index is -0.449. The van der Waals surface area contributed by atoms with Crippen molar-refractivity contribution in [1.82, 2.24) is 15.1 Å². The van der Waals surface area contributed by atoms with Crippen molar-refractivity contribution in [3.63, 3.8) is 0 Å². The van der Waals surface area contributed by atoms with Gasteiger partial charge in [-0.05, 0) is 29.8 Å². The van der Waals surface area contributed by atoms with E-state index in [1.807, 2.05) is 42.5 Å². The molecule has 0 aliphatic rings. The summed E-state index contributed by atoms with van der Waals surface area (Å²) in [5, 5.41) is 8.32. The van der Waals surface area contributed by atoms with Crippen LogP contribution in [0.25, 0.3) is 11.5 Å². The Bertz CT molecular complexity index is 976. The third-order valence-corrected chi connectivity index (χ3v) is 5.06. The van der Waals surface area contributed by atoms with E-state index in [1.165, 1.54) is 0 Å². The smallest absolute Gasteiger partial charge is 0.277 e. The van der Waals surface area contributed by atoms with Crippen molar-refractivity contribution in [3.05, 3.63) is 60.2 Å². The molecule has 9 heteroatoms. The van der Waals surface area contributed by atoms with Crippen LogP contribution in [0.2, 0.25) is 0 Å². The first-order valence-electron chi connectivity index (χ1n) is 9.26. The van der Waals surface area contributed by atoms with E-state index < -0.39 is 5.91 Å². The summed E-state index contributed by atoms with van der Waals surface area (Å²) in [6.07, 6.45) is 0.103. The highest BCUT2D eigenvalue weighted by Gasteiger charge is 2.17. The first kappa shape index (κ1) is 21.4. The lowest BCUT2D eigenvalue weighted by Gasteiger charge is -2.22. The summed E-state index contributed by atoms with van der Waals surface area (Å²) in [6.45, 7) is 0.652. The Hall–Kier alpha value is -3.33. The molecule has 0 aliphatic heterocycles. The van der Waals surface area contributed by atoms with Crippen LogP contribution in [-0.4, -0.2) is 46.3 Å². The number of primary amides is 1. The summed E-state index contributed by atoms with van der Waals surface area (Å²) >= 11 is 1.15. The zero-order chi connectivity index (χ0) is 21.3. The molecule has 0 unspecified atom stereocenters. The van der Waals surface area contributed by atoms with E-state index in [1.54, 1.807) is 24.1 Å².